The van der Waals surface area contributed by atoms with Crippen molar-refractivity contribution in [1.82, 2.24) is 4.57 Å². The van der Waals surface area contributed by atoms with Crippen molar-refractivity contribution in [1.29, 1.82) is 0 Å². The number of methoxy groups -OCH3 is 1. The van der Waals surface area contributed by atoms with E-state index in [4.69, 9.17) is 4.74 Å². The van der Waals surface area contributed by atoms with E-state index in [2.05, 4.69) is 15.5 Å². The fraction of sp³-hybridized carbons (Fsp3) is 0.219. The molecule has 4 aromatic rings. The summed E-state index contributed by atoms with van der Waals surface area (Å²) in [5.74, 6) is -0.320. The molecule has 2 bridgehead atoms. The first-order valence-corrected chi connectivity index (χ1v) is 13.5. The first kappa shape index (κ1) is 26.3. The van der Waals surface area contributed by atoms with E-state index in [9.17, 15) is 18.8 Å². The molecule has 2 atom stereocenters. The average molecular weight is 553 g/mol. The molecule has 0 unspecified atom stereocenters. The van der Waals surface area contributed by atoms with Gasteiger partial charge in [-0.05, 0) is 73.0 Å². The van der Waals surface area contributed by atoms with E-state index < -0.39 is 11.7 Å². The van der Waals surface area contributed by atoms with Gasteiger partial charge in [-0.15, -0.1) is 0 Å². The van der Waals surface area contributed by atoms with Gasteiger partial charge in [-0.1, -0.05) is 18.2 Å². The number of halogens is 1. The fourth-order valence-electron chi connectivity index (χ4n) is 5.84. The number of amides is 2. The van der Waals surface area contributed by atoms with Gasteiger partial charge in [0.2, 0.25) is 0 Å². The van der Waals surface area contributed by atoms with Gasteiger partial charge in [0.25, 0.3) is 17.4 Å². The van der Waals surface area contributed by atoms with Crippen LogP contribution in [0.15, 0.2) is 89.7 Å². The van der Waals surface area contributed by atoms with Crippen LogP contribution in [0.1, 0.15) is 38.7 Å². The van der Waals surface area contributed by atoms with E-state index >= 15 is 0 Å². The number of carbonyl (C=O) groups is 2. The first-order valence-electron chi connectivity index (χ1n) is 13.5. The number of anilines is 3. The van der Waals surface area contributed by atoms with Crippen LogP contribution in [0.5, 0.6) is 5.75 Å². The van der Waals surface area contributed by atoms with Gasteiger partial charge in [-0.3, -0.25) is 14.4 Å². The van der Waals surface area contributed by atoms with Crippen molar-refractivity contribution in [2.45, 2.75) is 18.9 Å². The molecule has 3 aromatic carbocycles. The molecule has 9 heteroatoms. The van der Waals surface area contributed by atoms with E-state index in [1.807, 2.05) is 16.7 Å². The van der Waals surface area contributed by atoms with Crippen LogP contribution < -0.4 is 25.8 Å². The molecule has 2 N–H and O–H groups in total. The zero-order chi connectivity index (χ0) is 28.5. The molecule has 208 valence electrons. The third-order valence-electron chi connectivity index (χ3n) is 7.80. The van der Waals surface area contributed by atoms with Gasteiger partial charge in [0.1, 0.15) is 11.6 Å². The molecule has 2 aliphatic heterocycles. The molecule has 6 rings (SSSR count). The van der Waals surface area contributed by atoms with Gasteiger partial charge >= 0.3 is 0 Å². The summed E-state index contributed by atoms with van der Waals surface area (Å²) in [7, 11) is 1.56. The second-order valence-corrected chi connectivity index (χ2v) is 10.5. The number of nitrogens with zero attached hydrogens (tertiary/aromatic N) is 2. The standard InChI is InChI=1S/C32H29FN4O4/c1-41-24-12-9-21(10-13-24)31(39)35-27-16-22(32(40)34-26-6-3-2-5-25(26)33)11-14-29(27)36-17-20-15-23(19-36)28-7-4-8-30(38)37(28)18-20/h2-14,16,20,23H,15,17-19H2,1H3,(H,34,40)(H,35,39)/t20-,23+/m1/s1. The molecule has 2 aliphatic rings. The molecule has 1 saturated heterocycles. The highest BCUT2D eigenvalue weighted by molar-refractivity contribution is 6.09. The van der Waals surface area contributed by atoms with Crippen molar-refractivity contribution >= 4 is 28.9 Å². The fourth-order valence-corrected chi connectivity index (χ4v) is 5.84. The Kier molecular flexibility index (Phi) is 7.01. The first-order chi connectivity index (χ1) is 19.9. The predicted molar refractivity (Wildman–Crippen MR) is 156 cm³/mol. The SMILES string of the molecule is COc1ccc(C(=O)Nc2cc(C(=O)Nc3ccccc3F)ccc2N2C[C@H]3C[C@@H](C2)c2cccc(=O)n2C3)cc1. The quantitative estimate of drug-likeness (QED) is 0.346. The zero-order valence-electron chi connectivity index (χ0n) is 22.5. The van der Waals surface area contributed by atoms with Gasteiger partial charge in [-0.25, -0.2) is 4.39 Å². The summed E-state index contributed by atoms with van der Waals surface area (Å²) in [6, 6.07) is 23.2. The van der Waals surface area contributed by atoms with Crippen LogP contribution in [-0.4, -0.2) is 36.6 Å². The van der Waals surface area contributed by atoms with Crippen molar-refractivity contribution in [3.05, 3.63) is 118 Å². The summed E-state index contributed by atoms with van der Waals surface area (Å²) in [5, 5.41) is 5.61. The normalized spacial score (nSPS) is 17.4. The maximum atomic E-state index is 14.2. The largest absolute Gasteiger partial charge is 0.497 e. The number of benzene rings is 3. The molecule has 1 aromatic heterocycles. The number of nitrogens with one attached hydrogen (secondary N) is 2. The summed E-state index contributed by atoms with van der Waals surface area (Å²) >= 11 is 0. The minimum Gasteiger partial charge on any atom is -0.497 e. The Bertz CT molecular complexity index is 1680. The number of hydrogen-bond donors (Lipinski definition) is 2. The molecule has 1 fully saturated rings. The Labute approximate surface area is 236 Å². The van der Waals surface area contributed by atoms with Gasteiger partial charge < -0.3 is 24.8 Å². The molecule has 3 heterocycles. The lowest BCUT2D eigenvalue weighted by atomic mass is 9.83. The molecule has 0 spiro atoms. The van der Waals surface area contributed by atoms with Gasteiger partial charge in [0.05, 0.1) is 24.2 Å². The number of piperidine rings is 1. The molecular weight excluding hydrogens is 523 g/mol. The maximum absolute atomic E-state index is 14.2. The second-order valence-electron chi connectivity index (χ2n) is 10.5. The van der Waals surface area contributed by atoms with Crippen LogP contribution in [0.2, 0.25) is 0 Å². The third kappa shape index (κ3) is 5.30. The number of ether oxygens (including phenoxy) is 1. The van der Waals surface area contributed by atoms with E-state index in [0.717, 1.165) is 17.8 Å². The molecule has 41 heavy (non-hydrogen) atoms. The summed E-state index contributed by atoms with van der Waals surface area (Å²) in [6.45, 7) is 1.99. The van der Waals surface area contributed by atoms with Crippen LogP contribution in [-0.2, 0) is 6.54 Å². The Morgan fingerprint density at radius 1 is 0.829 bits per heavy atom. The maximum Gasteiger partial charge on any atom is 0.255 e. The Morgan fingerprint density at radius 2 is 1.56 bits per heavy atom. The summed E-state index contributed by atoms with van der Waals surface area (Å²) in [6.07, 6.45) is 0.983. The second kappa shape index (κ2) is 10.9. The lowest BCUT2D eigenvalue weighted by Crippen LogP contribution is -2.47. The molecule has 2 amide bonds. The lowest BCUT2D eigenvalue weighted by molar-refractivity contribution is 0.101. The molecule has 0 saturated carbocycles. The predicted octanol–water partition coefficient (Wildman–Crippen LogP) is 5.12. The van der Waals surface area contributed by atoms with Crippen molar-refractivity contribution in [2.75, 3.05) is 35.7 Å². The molecule has 8 nitrogen and oxygen atoms in total. The van der Waals surface area contributed by atoms with Crippen LogP contribution in [0.4, 0.5) is 21.5 Å². The highest BCUT2D eigenvalue weighted by Gasteiger charge is 2.35. The Balaban J connectivity index is 1.33. The molecule has 0 radical (unpaired) electrons. The minimum absolute atomic E-state index is 0.0170. The van der Waals surface area contributed by atoms with Crippen LogP contribution in [0.25, 0.3) is 0 Å². The van der Waals surface area contributed by atoms with Crippen molar-refractivity contribution < 1.29 is 18.7 Å². The Morgan fingerprint density at radius 3 is 2.34 bits per heavy atom. The number of para-hydroxylation sites is 1. The van der Waals surface area contributed by atoms with Crippen molar-refractivity contribution in [2.24, 2.45) is 5.92 Å². The molecule has 0 aliphatic carbocycles. The van der Waals surface area contributed by atoms with Gasteiger partial charge in [0, 0.05) is 48.4 Å². The number of rotatable bonds is 6. The highest BCUT2D eigenvalue weighted by Crippen LogP contribution is 2.39. The molecular formula is C32H29FN4O4. The number of carbonyl (C=O) groups excluding carboxylic acids is 2. The monoisotopic (exact) mass is 552 g/mol. The van der Waals surface area contributed by atoms with Crippen molar-refractivity contribution in [3.8, 4) is 5.75 Å². The lowest BCUT2D eigenvalue weighted by Gasteiger charge is -2.44. The van der Waals surface area contributed by atoms with E-state index in [1.165, 1.54) is 12.1 Å². The van der Waals surface area contributed by atoms with Gasteiger partial charge in [-0.2, -0.15) is 0 Å². The Hall–Kier alpha value is -4.92. The third-order valence-corrected chi connectivity index (χ3v) is 7.80. The summed E-state index contributed by atoms with van der Waals surface area (Å²) in [5.41, 5.74) is 3.06. The number of fused-ring (bicyclic) bond motifs is 4. The average Bonchev–Trinajstić information content (AvgIpc) is 2.99. The van der Waals surface area contributed by atoms with E-state index in [1.54, 1.807) is 67.8 Å². The van der Waals surface area contributed by atoms with E-state index in [0.29, 0.717) is 36.6 Å². The van der Waals surface area contributed by atoms with Crippen LogP contribution >= 0.6 is 0 Å². The topological polar surface area (TPSA) is 92.7 Å². The number of aromatic nitrogens is 1. The number of pyridine rings is 1. The number of hydrogen-bond acceptors (Lipinski definition) is 5. The summed E-state index contributed by atoms with van der Waals surface area (Å²) < 4.78 is 21.3. The minimum atomic E-state index is -0.537. The summed E-state index contributed by atoms with van der Waals surface area (Å²) in [4.78, 5) is 41.1. The van der Waals surface area contributed by atoms with Crippen molar-refractivity contribution in [3.63, 3.8) is 0 Å². The van der Waals surface area contributed by atoms with E-state index in [-0.39, 0.29) is 34.6 Å². The van der Waals surface area contributed by atoms with Crippen LogP contribution in [0.3, 0.4) is 0 Å². The highest BCUT2D eigenvalue weighted by atomic mass is 19.1. The van der Waals surface area contributed by atoms with Gasteiger partial charge in [0.15, 0.2) is 0 Å². The van der Waals surface area contributed by atoms with Crippen LogP contribution in [0, 0.1) is 11.7 Å². The zero-order valence-corrected chi connectivity index (χ0v) is 22.5. The smallest absolute Gasteiger partial charge is 0.255 e.